The molecule has 0 radical (unpaired) electrons. The molecule has 2 atom stereocenters. The van der Waals surface area contributed by atoms with E-state index in [1.165, 1.54) is 0 Å². The van der Waals surface area contributed by atoms with Gasteiger partial charge in [-0.25, -0.2) is 0 Å². The molecule has 0 aliphatic carbocycles. The van der Waals surface area contributed by atoms with Gasteiger partial charge < -0.3 is 25.2 Å². The first-order chi connectivity index (χ1) is 12.7. The van der Waals surface area contributed by atoms with Crippen LogP contribution >= 0.6 is 35.6 Å². The molecule has 1 fully saturated rings. The number of aliphatic hydroxyl groups is 1. The van der Waals surface area contributed by atoms with Crippen LogP contribution in [0, 0.1) is 0 Å². The lowest BCUT2D eigenvalue weighted by atomic mass is 10.1. The van der Waals surface area contributed by atoms with Gasteiger partial charge in [-0.3, -0.25) is 4.99 Å². The van der Waals surface area contributed by atoms with Crippen LogP contribution in [0.3, 0.4) is 0 Å². The van der Waals surface area contributed by atoms with E-state index in [1.807, 2.05) is 25.1 Å². The minimum atomic E-state index is -0.728. The van der Waals surface area contributed by atoms with Crippen LogP contribution in [0.5, 0.6) is 0 Å². The number of hydrogen-bond acceptors (Lipinski definition) is 4. The number of benzene rings is 1. The summed E-state index contributed by atoms with van der Waals surface area (Å²) >= 11 is 6.11. The zero-order valence-electron chi connectivity index (χ0n) is 15.8. The van der Waals surface area contributed by atoms with Crippen LogP contribution in [0.2, 0.25) is 5.02 Å². The number of halogens is 2. The summed E-state index contributed by atoms with van der Waals surface area (Å²) in [7, 11) is 0. The van der Waals surface area contributed by atoms with Gasteiger partial charge in [0.15, 0.2) is 5.96 Å². The van der Waals surface area contributed by atoms with Gasteiger partial charge in [0.2, 0.25) is 0 Å². The van der Waals surface area contributed by atoms with Gasteiger partial charge in [-0.2, -0.15) is 0 Å². The Morgan fingerprint density at radius 3 is 2.93 bits per heavy atom. The van der Waals surface area contributed by atoms with Crippen LogP contribution in [0.4, 0.5) is 0 Å². The summed E-state index contributed by atoms with van der Waals surface area (Å²) in [5.74, 6) is 0.678. The van der Waals surface area contributed by atoms with Gasteiger partial charge in [-0.15, -0.1) is 24.0 Å². The molecule has 0 saturated carbocycles. The highest BCUT2D eigenvalue weighted by atomic mass is 127. The highest BCUT2D eigenvalue weighted by molar-refractivity contribution is 14.0. The molecule has 8 heteroatoms. The maximum Gasteiger partial charge on any atom is 0.191 e. The van der Waals surface area contributed by atoms with Gasteiger partial charge in [0.05, 0.1) is 19.3 Å². The molecule has 0 aromatic heterocycles. The number of nitrogens with zero attached hydrogens (tertiary/aromatic N) is 1. The SMILES string of the molecule is CCNC(=NCC(O)c1ccccc1Cl)NCCCOCC1CCCO1.I. The summed E-state index contributed by atoms with van der Waals surface area (Å²) in [5, 5.41) is 17.3. The van der Waals surface area contributed by atoms with Gasteiger partial charge in [-0.05, 0) is 32.3 Å². The van der Waals surface area contributed by atoms with Crippen LogP contribution < -0.4 is 10.6 Å². The minimum Gasteiger partial charge on any atom is -0.386 e. The molecule has 1 aromatic rings. The van der Waals surface area contributed by atoms with E-state index in [0.717, 1.165) is 39.0 Å². The Bertz CT molecular complexity index is 557. The van der Waals surface area contributed by atoms with Crippen LogP contribution in [0.25, 0.3) is 0 Å². The fourth-order valence-electron chi connectivity index (χ4n) is 2.73. The van der Waals surface area contributed by atoms with E-state index in [0.29, 0.717) is 29.8 Å². The number of rotatable bonds is 10. The van der Waals surface area contributed by atoms with Crippen LogP contribution in [0.15, 0.2) is 29.3 Å². The summed E-state index contributed by atoms with van der Waals surface area (Å²) in [6, 6.07) is 7.28. The van der Waals surface area contributed by atoms with Crippen molar-refractivity contribution in [3.8, 4) is 0 Å². The van der Waals surface area contributed by atoms with Gasteiger partial charge >= 0.3 is 0 Å². The van der Waals surface area contributed by atoms with Crippen LogP contribution in [0.1, 0.15) is 37.9 Å². The van der Waals surface area contributed by atoms with E-state index in [-0.39, 0.29) is 36.6 Å². The third kappa shape index (κ3) is 9.43. The lowest BCUT2D eigenvalue weighted by molar-refractivity contribution is 0.0168. The van der Waals surface area contributed by atoms with Crippen molar-refractivity contribution in [1.29, 1.82) is 0 Å². The number of ether oxygens (including phenoxy) is 2. The molecular formula is C19H31ClIN3O3. The molecule has 0 amide bonds. The molecule has 2 unspecified atom stereocenters. The summed E-state index contributed by atoms with van der Waals surface area (Å²) in [6.45, 7) is 5.98. The molecule has 6 nitrogen and oxygen atoms in total. The maximum absolute atomic E-state index is 10.3. The Balaban J connectivity index is 0.00000364. The van der Waals surface area contributed by atoms with E-state index >= 15 is 0 Å². The Morgan fingerprint density at radius 2 is 2.22 bits per heavy atom. The molecule has 1 saturated heterocycles. The standard InChI is InChI=1S/C19H30ClN3O3.HI/c1-2-21-19(22-10-6-11-25-14-15-7-5-12-26-15)23-13-18(24)16-8-3-4-9-17(16)20;/h3-4,8-9,15,18,24H,2,5-7,10-14H2,1H3,(H2,21,22,23);1H. The van der Waals surface area contributed by atoms with E-state index in [4.69, 9.17) is 21.1 Å². The molecule has 1 aliphatic rings. The summed E-state index contributed by atoms with van der Waals surface area (Å²) in [4.78, 5) is 4.44. The Labute approximate surface area is 184 Å². The highest BCUT2D eigenvalue weighted by Gasteiger charge is 2.15. The molecule has 27 heavy (non-hydrogen) atoms. The number of aliphatic imine (C=N–C) groups is 1. The van der Waals surface area contributed by atoms with Crippen LogP contribution in [-0.2, 0) is 9.47 Å². The average molecular weight is 512 g/mol. The highest BCUT2D eigenvalue weighted by Crippen LogP contribution is 2.22. The molecule has 0 spiro atoms. The first-order valence-electron chi connectivity index (χ1n) is 9.34. The molecular weight excluding hydrogens is 481 g/mol. The maximum atomic E-state index is 10.3. The first kappa shape index (κ1) is 24.4. The van der Waals surface area contributed by atoms with Gasteiger partial charge in [0, 0.05) is 36.9 Å². The van der Waals surface area contributed by atoms with Gasteiger partial charge in [0.25, 0.3) is 0 Å². The lowest BCUT2D eigenvalue weighted by Crippen LogP contribution is -2.38. The molecule has 0 bridgehead atoms. The molecule has 2 rings (SSSR count). The van der Waals surface area contributed by atoms with Crippen molar-refractivity contribution in [2.45, 2.75) is 38.4 Å². The summed E-state index contributed by atoms with van der Waals surface area (Å²) in [6.07, 6.45) is 2.66. The molecule has 154 valence electrons. The van der Waals surface area contributed by atoms with Crippen molar-refractivity contribution >= 4 is 41.5 Å². The van der Waals surface area contributed by atoms with Crippen molar-refractivity contribution in [3.05, 3.63) is 34.9 Å². The zero-order valence-corrected chi connectivity index (χ0v) is 18.9. The second kappa shape index (κ2) is 14.4. The lowest BCUT2D eigenvalue weighted by Gasteiger charge is -2.14. The summed E-state index contributed by atoms with van der Waals surface area (Å²) < 4.78 is 11.2. The number of aliphatic hydroxyl groups excluding tert-OH is 1. The Hall–Kier alpha value is -0.610. The normalized spacial score (nSPS) is 18.0. The predicted molar refractivity (Wildman–Crippen MR) is 120 cm³/mol. The number of nitrogens with one attached hydrogen (secondary N) is 2. The van der Waals surface area contributed by atoms with Crippen molar-refractivity contribution in [1.82, 2.24) is 10.6 Å². The third-order valence-electron chi connectivity index (χ3n) is 4.12. The van der Waals surface area contributed by atoms with Gasteiger partial charge in [-0.1, -0.05) is 29.8 Å². The fraction of sp³-hybridized carbons (Fsp3) is 0.632. The summed E-state index contributed by atoms with van der Waals surface area (Å²) in [5.41, 5.74) is 0.691. The van der Waals surface area contributed by atoms with E-state index in [2.05, 4.69) is 15.6 Å². The Morgan fingerprint density at radius 1 is 1.41 bits per heavy atom. The van der Waals surface area contributed by atoms with Crippen molar-refractivity contribution < 1.29 is 14.6 Å². The quantitative estimate of drug-likeness (QED) is 0.195. The average Bonchev–Trinajstić information content (AvgIpc) is 3.16. The van der Waals surface area contributed by atoms with Crippen molar-refractivity contribution in [3.63, 3.8) is 0 Å². The smallest absolute Gasteiger partial charge is 0.191 e. The van der Waals surface area contributed by atoms with Crippen molar-refractivity contribution in [2.75, 3.05) is 39.5 Å². The van der Waals surface area contributed by atoms with E-state index in [9.17, 15) is 5.11 Å². The third-order valence-corrected chi connectivity index (χ3v) is 4.46. The fourth-order valence-corrected chi connectivity index (χ4v) is 3.00. The molecule has 1 aromatic carbocycles. The zero-order chi connectivity index (χ0) is 18.6. The van der Waals surface area contributed by atoms with E-state index in [1.54, 1.807) is 6.07 Å². The predicted octanol–water partition coefficient (Wildman–Crippen LogP) is 3.13. The van der Waals surface area contributed by atoms with Gasteiger partial charge in [0.1, 0.15) is 6.10 Å². The number of hydrogen-bond donors (Lipinski definition) is 3. The largest absolute Gasteiger partial charge is 0.386 e. The Kier molecular flexibility index (Phi) is 13.0. The second-order valence-corrected chi connectivity index (χ2v) is 6.65. The second-order valence-electron chi connectivity index (χ2n) is 6.25. The van der Waals surface area contributed by atoms with Crippen LogP contribution in [-0.4, -0.2) is 56.6 Å². The monoisotopic (exact) mass is 511 g/mol. The molecule has 1 heterocycles. The topological polar surface area (TPSA) is 75.1 Å². The number of guanidine groups is 1. The minimum absolute atomic E-state index is 0. The van der Waals surface area contributed by atoms with E-state index < -0.39 is 6.10 Å². The molecule has 1 aliphatic heterocycles. The van der Waals surface area contributed by atoms with Crippen molar-refractivity contribution in [2.24, 2.45) is 4.99 Å². The first-order valence-corrected chi connectivity index (χ1v) is 9.72. The molecule has 3 N–H and O–H groups in total.